The third kappa shape index (κ3) is 2.70. The van der Waals surface area contributed by atoms with E-state index in [4.69, 9.17) is 4.74 Å². The largest absolute Gasteiger partial charge is 0.376 e. The van der Waals surface area contributed by atoms with Crippen molar-refractivity contribution in [2.75, 3.05) is 19.7 Å². The van der Waals surface area contributed by atoms with Crippen LogP contribution in [0.4, 0.5) is 0 Å². The zero-order valence-corrected chi connectivity index (χ0v) is 13.8. The van der Waals surface area contributed by atoms with Crippen LogP contribution in [0.25, 0.3) is 10.9 Å². The van der Waals surface area contributed by atoms with E-state index in [9.17, 15) is 4.79 Å². The van der Waals surface area contributed by atoms with Gasteiger partial charge in [-0.05, 0) is 30.4 Å². The van der Waals surface area contributed by atoms with Crippen LogP contribution < -0.4 is 5.56 Å². The molecule has 4 rings (SSSR count). The molecule has 0 bridgehead atoms. The Morgan fingerprint density at radius 2 is 2.22 bits per heavy atom. The SMILES string of the molecule is CC[C@H]1CN(Cc2cc(=O)n3c4c(cccc24)CCC3)CCO1. The van der Waals surface area contributed by atoms with Crippen molar-refractivity contribution in [3.8, 4) is 0 Å². The van der Waals surface area contributed by atoms with Crippen molar-refractivity contribution in [3.05, 3.63) is 45.7 Å². The molecular formula is C19H24N2O2. The summed E-state index contributed by atoms with van der Waals surface area (Å²) in [5, 5.41) is 1.25. The number of benzene rings is 1. The van der Waals surface area contributed by atoms with Crippen LogP contribution in [-0.4, -0.2) is 35.3 Å². The van der Waals surface area contributed by atoms with Gasteiger partial charge in [0.2, 0.25) is 0 Å². The lowest BCUT2D eigenvalue weighted by atomic mass is 9.98. The second-order valence-corrected chi connectivity index (χ2v) is 6.71. The van der Waals surface area contributed by atoms with E-state index < -0.39 is 0 Å². The molecule has 2 aliphatic heterocycles. The summed E-state index contributed by atoms with van der Waals surface area (Å²) in [5.41, 5.74) is 3.81. The Balaban J connectivity index is 1.74. The smallest absolute Gasteiger partial charge is 0.251 e. The standard InChI is InChI=1S/C19H24N2O2/c1-2-16-13-20(9-10-23-16)12-15-11-18(22)21-8-4-6-14-5-3-7-17(15)19(14)21/h3,5,7,11,16H,2,4,6,8-10,12-13H2,1H3/t16-/m0/s1. The van der Waals surface area contributed by atoms with Crippen LogP contribution in [0.15, 0.2) is 29.1 Å². The maximum atomic E-state index is 12.6. The average molecular weight is 312 g/mol. The highest BCUT2D eigenvalue weighted by Crippen LogP contribution is 2.26. The third-order valence-electron chi connectivity index (χ3n) is 5.20. The molecule has 1 aromatic heterocycles. The van der Waals surface area contributed by atoms with Gasteiger partial charge >= 0.3 is 0 Å². The summed E-state index contributed by atoms with van der Waals surface area (Å²) < 4.78 is 7.73. The van der Waals surface area contributed by atoms with Gasteiger partial charge in [-0.2, -0.15) is 0 Å². The highest BCUT2D eigenvalue weighted by molar-refractivity contribution is 5.86. The monoisotopic (exact) mass is 312 g/mol. The van der Waals surface area contributed by atoms with Crippen LogP contribution in [0.1, 0.15) is 30.9 Å². The van der Waals surface area contributed by atoms with Crippen LogP contribution in [0.2, 0.25) is 0 Å². The minimum atomic E-state index is 0.153. The number of aromatic nitrogens is 1. The zero-order chi connectivity index (χ0) is 15.8. The fraction of sp³-hybridized carbons (Fsp3) is 0.526. The summed E-state index contributed by atoms with van der Waals surface area (Å²) in [6.45, 7) is 6.56. The van der Waals surface area contributed by atoms with E-state index in [1.165, 1.54) is 22.0 Å². The third-order valence-corrected chi connectivity index (χ3v) is 5.20. The van der Waals surface area contributed by atoms with Crippen molar-refractivity contribution in [1.82, 2.24) is 9.47 Å². The van der Waals surface area contributed by atoms with Crippen LogP contribution in [-0.2, 0) is 24.2 Å². The van der Waals surface area contributed by atoms with Gasteiger partial charge in [0.05, 0.1) is 18.2 Å². The Morgan fingerprint density at radius 1 is 1.30 bits per heavy atom. The molecule has 1 atom stereocenters. The fourth-order valence-corrected chi connectivity index (χ4v) is 3.98. The number of aryl methyl sites for hydroxylation is 2. The molecule has 122 valence electrons. The maximum absolute atomic E-state index is 12.6. The summed E-state index contributed by atoms with van der Waals surface area (Å²) in [6.07, 6.45) is 3.51. The number of hydrogen-bond acceptors (Lipinski definition) is 3. The summed E-state index contributed by atoms with van der Waals surface area (Å²) in [5.74, 6) is 0. The van der Waals surface area contributed by atoms with Crippen molar-refractivity contribution in [1.29, 1.82) is 0 Å². The van der Waals surface area contributed by atoms with E-state index in [0.29, 0.717) is 6.10 Å². The van der Waals surface area contributed by atoms with Gasteiger partial charge in [-0.3, -0.25) is 9.69 Å². The summed E-state index contributed by atoms with van der Waals surface area (Å²) in [4.78, 5) is 15.0. The highest BCUT2D eigenvalue weighted by Gasteiger charge is 2.21. The van der Waals surface area contributed by atoms with Gasteiger partial charge in [0, 0.05) is 37.6 Å². The Labute approximate surface area is 136 Å². The lowest BCUT2D eigenvalue weighted by Gasteiger charge is -2.33. The summed E-state index contributed by atoms with van der Waals surface area (Å²) in [6, 6.07) is 8.33. The van der Waals surface area contributed by atoms with Crippen molar-refractivity contribution in [3.63, 3.8) is 0 Å². The number of ether oxygens (including phenoxy) is 1. The number of rotatable bonds is 3. The van der Waals surface area contributed by atoms with Crippen LogP contribution in [0.3, 0.4) is 0 Å². The number of hydrogen-bond donors (Lipinski definition) is 0. The van der Waals surface area contributed by atoms with Crippen LogP contribution >= 0.6 is 0 Å². The molecule has 3 heterocycles. The average Bonchev–Trinajstić information content (AvgIpc) is 2.59. The number of para-hydroxylation sites is 1. The number of nitrogens with zero attached hydrogens (tertiary/aromatic N) is 2. The summed E-state index contributed by atoms with van der Waals surface area (Å²) >= 11 is 0. The number of pyridine rings is 1. The van der Waals surface area contributed by atoms with E-state index in [1.807, 2.05) is 10.6 Å². The molecule has 0 unspecified atom stereocenters. The predicted molar refractivity (Wildman–Crippen MR) is 91.8 cm³/mol. The molecule has 2 aliphatic rings. The van der Waals surface area contributed by atoms with E-state index >= 15 is 0 Å². The Bertz CT molecular complexity index is 781. The summed E-state index contributed by atoms with van der Waals surface area (Å²) in [7, 11) is 0. The molecule has 0 aliphatic carbocycles. The molecule has 0 spiro atoms. The van der Waals surface area contributed by atoms with Gasteiger partial charge in [-0.1, -0.05) is 25.1 Å². The first kappa shape index (κ1) is 14.9. The molecule has 0 saturated carbocycles. The molecule has 2 aromatic rings. The van der Waals surface area contributed by atoms with Gasteiger partial charge in [0.25, 0.3) is 5.56 Å². The van der Waals surface area contributed by atoms with Crippen molar-refractivity contribution < 1.29 is 4.74 Å². The van der Waals surface area contributed by atoms with Gasteiger partial charge < -0.3 is 9.30 Å². The molecule has 4 nitrogen and oxygen atoms in total. The molecule has 23 heavy (non-hydrogen) atoms. The normalized spacial score (nSPS) is 21.7. The first-order chi connectivity index (χ1) is 11.3. The molecule has 1 fully saturated rings. The Hall–Kier alpha value is -1.65. The molecule has 0 amide bonds. The maximum Gasteiger partial charge on any atom is 0.251 e. The highest BCUT2D eigenvalue weighted by atomic mass is 16.5. The minimum absolute atomic E-state index is 0.153. The van der Waals surface area contributed by atoms with Crippen LogP contribution in [0, 0.1) is 0 Å². The van der Waals surface area contributed by atoms with Crippen molar-refractivity contribution in [2.45, 2.75) is 45.4 Å². The van der Waals surface area contributed by atoms with Crippen molar-refractivity contribution in [2.24, 2.45) is 0 Å². The topological polar surface area (TPSA) is 34.5 Å². The van der Waals surface area contributed by atoms with E-state index in [0.717, 1.165) is 52.0 Å². The number of morpholine rings is 1. The van der Waals surface area contributed by atoms with Gasteiger partial charge in [0.1, 0.15) is 0 Å². The van der Waals surface area contributed by atoms with Gasteiger partial charge in [0.15, 0.2) is 0 Å². The molecule has 0 radical (unpaired) electrons. The van der Waals surface area contributed by atoms with Gasteiger partial charge in [-0.15, -0.1) is 0 Å². The molecule has 4 heteroatoms. The molecule has 1 aromatic carbocycles. The lowest BCUT2D eigenvalue weighted by molar-refractivity contribution is -0.0323. The minimum Gasteiger partial charge on any atom is -0.376 e. The van der Waals surface area contributed by atoms with E-state index in [-0.39, 0.29) is 5.56 Å². The predicted octanol–water partition coefficient (Wildman–Crippen LogP) is 2.56. The molecular weight excluding hydrogens is 288 g/mol. The second-order valence-electron chi connectivity index (χ2n) is 6.71. The quantitative estimate of drug-likeness (QED) is 0.873. The van der Waals surface area contributed by atoms with Crippen molar-refractivity contribution >= 4 is 10.9 Å². The lowest BCUT2D eigenvalue weighted by Crippen LogP contribution is -2.41. The van der Waals surface area contributed by atoms with E-state index in [2.05, 4.69) is 30.0 Å². The van der Waals surface area contributed by atoms with Crippen LogP contribution in [0.5, 0.6) is 0 Å². The molecule has 0 N–H and O–H groups in total. The Kier molecular flexibility index (Phi) is 3.95. The van der Waals surface area contributed by atoms with E-state index in [1.54, 1.807) is 0 Å². The first-order valence-electron chi connectivity index (χ1n) is 8.74. The fourth-order valence-electron chi connectivity index (χ4n) is 3.98. The second kappa shape index (κ2) is 6.10. The zero-order valence-electron chi connectivity index (χ0n) is 13.8. The Morgan fingerprint density at radius 3 is 3.09 bits per heavy atom. The molecule has 1 saturated heterocycles. The first-order valence-corrected chi connectivity index (χ1v) is 8.74. The van der Waals surface area contributed by atoms with Gasteiger partial charge in [-0.25, -0.2) is 0 Å².